The number of nitrogens with one attached hydrogen (secondary N) is 2. The average molecular weight is 509 g/mol. The third kappa shape index (κ3) is 5.41. The van der Waals surface area contributed by atoms with Crippen LogP contribution < -0.4 is 10.6 Å². The topological polar surface area (TPSA) is 88.9 Å². The van der Waals surface area contributed by atoms with E-state index in [9.17, 15) is 9.59 Å². The number of hydrogen-bond acceptors (Lipinski definition) is 5. The molecule has 10 heteroatoms. The molecule has 0 saturated heterocycles. The fourth-order valence-corrected chi connectivity index (χ4v) is 3.95. The summed E-state index contributed by atoms with van der Waals surface area (Å²) in [6.07, 6.45) is 0. The van der Waals surface area contributed by atoms with Crippen LogP contribution in [0.2, 0.25) is 5.02 Å². The largest absolute Gasteiger partial charge is 0.345 e. The summed E-state index contributed by atoms with van der Waals surface area (Å²) in [5.41, 5.74) is 2.04. The Balaban J connectivity index is 1.55. The van der Waals surface area contributed by atoms with Gasteiger partial charge in [-0.15, -0.1) is 10.2 Å². The minimum absolute atomic E-state index is 0.168. The molecule has 30 heavy (non-hydrogen) atoms. The highest BCUT2D eigenvalue weighted by Crippen LogP contribution is 2.23. The Labute approximate surface area is 191 Å². The molecular weight excluding hydrogens is 490 g/mol. The molecule has 0 spiro atoms. The van der Waals surface area contributed by atoms with Crippen molar-refractivity contribution in [3.63, 3.8) is 0 Å². The minimum Gasteiger partial charge on any atom is -0.345 e. The van der Waals surface area contributed by atoms with Crippen molar-refractivity contribution >= 4 is 56.8 Å². The molecular formula is C20H19BrClN5O2S. The quantitative estimate of drug-likeness (QED) is 0.467. The van der Waals surface area contributed by atoms with E-state index >= 15 is 0 Å². The zero-order valence-corrected chi connectivity index (χ0v) is 19.4. The smallest absolute Gasteiger partial charge is 0.252 e. The zero-order valence-electron chi connectivity index (χ0n) is 16.3. The van der Waals surface area contributed by atoms with Gasteiger partial charge in [0.05, 0.1) is 17.9 Å². The predicted molar refractivity (Wildman–Crippen MR) is 122 cm³/mol. The number of halogens is 2. The summed E-state index contributed by atoms with van der Waals surface area (Å²) in [4.78, 5) is 24.6. The normalized spacial score (nSPS) is 10.7. The Morgan fingerprint density at radius 1 is 1.17 bits per heavy atom. The van der Waals surface area contributed by atoms with Gasteiger partial charge < -0.3 is 15.2 Å². The maximum absolute atomic E-state index is 12.3. The maximum atomic E-state index is 12.3. The van der Waals surface area contributed by atoms with Gasteiger partial charge in [-0.05, 0) is 52.7 Å². The maximum Gasteiger partial charge on any atom is 0.252 e. The van der Waals surface area contributed by atoms with Crippen LogP contribution in [0, 0.1) is 6.92 Å². The van der Waals surface area contributed by atoms with Crippen molar-refractivity contribution in [2.24, 2.45) is 7.05 Å². The first-order chi connectivity index (χ1) is 14.4. The summed E-state index contributed by atoms with van der Waals surface area (Å²) in [6.45, 7) is 2.07. The number of carbonyl (C=O) groups is 2. The molecule has 0 aliphatic carbocycles. The predicted octanol–water partition coefficient (Wildman–Crippen LogP) is 4.20. The van der Waals surface area contributed by atoms with Gasteiger partial charge in [-0.1, -0.05) is 41.6 Å². The van der Waals surface area contributed by atoms with E-state index in [2.05, 4.69) is 36.8 Å². The molecule has 2 aromatic carbocycles. The molecule has 1 aromatic heterocycles. The van der Waals surface area contributed by atoms with Crippen LogP contribution in [0.3, 0.4) is 0 Å². The number of rotatable bonds is 7. The molecule has 7 nitrogen and oxygen atoms in total. The van der Waals surface area contributed by atoms with Crippen molar-refractivity contribution in [1.82, 2.24) is 20.1 Å². The van der Waals surface area contributed by atoms with Crippen molar-refractivity contribution in [2.45, 2.75) is 18.6 Å². The molecule has 1 heterocycles. The molecule has 3 aromatic rings. The van der Waals surface area contributed by atoms with Gasteiger partial charge in [0.1, 0.15) is 0 Å². The molecule has 3 rings (SSSR count). The molecule has 0 unspecified atom stereocenters. The van der Waals surface area contributed by atoms with E-state index in [1.165, 1.54) is 11.8 Å². The standard InChI is InChI=1S/C20H19BrClN5O2S/c1-12-15(22)8-5-9-16(12)24-18(28)11-30-20-26-25-17(27(20)2)10-23-19(29)13-6-3-4-7-14(13)21/h3-9H,10-11H2,1-2H3,(H,23,29)(H,24,28). The Morgan fingerprint density at radius 2 is 1.93 bits per heavy atom. The van der Waals surface area contributed by atoms with Gasteiger partial charge in [0.2, 0.25) is 5.91 Å². The van der Waals surface area contributed by atoms with Crippen molar-refractivity contribution < 1.29 is 9.59 Å². The van der Waals surface area contributed by atoms with Crippen LogP contribution in [-0.2, 0) is 18.4 Å². The van der Waals surface area contributed by atoms with Gasteiger partial charge in [-0.2, -0.15) is 0 Å². The number of thioether (sulfide) groups is 1. The van der Waals surface area contributed by atoms with Gasteiger partial charge in [0.25, 0.3) is 5.91 Å². The molecule has 0 radical (unpaired) electrons. The van der Waals surface area contributed by atoms with Gasteiger partial charge in [-0.3, -0.25) is 9.59 Å². The van der Waals surface area contributed by atoms with Crippen molar-refractivity contribution in [3.8, 4) is 0 Å². The van der Waals surface area contributed by atoms with E-state index in [1.54, 1.807) is 41.9 Å². The molecule has 0 fully saturated rings. The molecule has 2 amide bonds. The summed E-state index contributed by atoms with van der Waals surface area (Å²) in [5.74, 6) is 0.374. The Morgan fingerprint density at radius 3 is 2.70 bits per heavy atom. The number of benzene rings is 2. The SMILES string of the molecule is Cc1c(Cl)cccc1NC(=O)CSc1nnc(CNC(=O)c2ccccc2Br)n1C. The zero-order chi connectivity index (χ0) is 21.7. The van der Waals surface area contributed by atoms with E-state index in [4.69, 9.17) is 11.6 Å². The molecule has 2 N–H and O–H groups in total. The molecule has 0 aliphatic heterocycles. The summed E-state index contributed by atoms with van der Waals surface area (Å²) in [7, 11) is 1.79. The van der Waals surface area contributed by atoms with Crippen LogP contribution in [0.1, 0.15) is 21.7 Å². The lowest BCUT2D eigenvalue weighted by atomic mass is 10.2. The summed E-state index contributed by atoms with van der Waals surface area (Å²) in [6, 6.07) is 12.5. The van der Waals surface area contributed by atoms with Gasteiger partial charge in [0, 0.05) is 22.2 Å². The highest BCUT2D eigenvalue weighted by atomic mass is 79.9. The number of hydrogen-bond donors (Lipinski definition) is 2. The van der Waals surface area contributed by atoms with Crippen LogP contribution in [0.15, 0.2) is 52.1 Å². The van der Waals surface area contributed by atoms with Crippen molar-refractivity contribution in [1.29, 1.82) is 0 Å². The van der Waals surface area contributed by atoms with E-state index < -0.39 is 0 Å². The fraction of sp³-hybridized carbons (Fsp3) is 0.200. The minimum atomic E-state index is -0.212. The number of amides is 2. The van der Waals surface area contributed by atoms with Crippen LogP contribution in [0.5, 0.6) is 0 Å². The molecule has 0 aliphatic rings. The first-order valence-corrected chi connectivity index (χ1v) is 11.1. The second-order valence-electron chi connectivity index (χ2n) is 6.37. The van der Waals surface area contributed by atoms with Crippen LogP contribution in [0.25, 0.3) is 0 Å². The summed E-state index contributed by atoms with van der Waals surface area (Å²) >= 11 is 10.7. The highest BCUT2D eigenvalue weighted by molar-refractivity contribution is 9.10. The van der Waals surface area contributed by atoms with E-state index in [1.807, 2.05) is 19.1 Å². The second kappa shape index (κ2) is 10.1. The summed E-state index contributed by atoms with van der Waals surface area (Å²) in [5, 5.41) is 15.1. The fourth-order valence-electron chi connectivity index (χ4n) is 2.58. The van der Waals surface area contributed by atoms with Crippen molar-refractivity contribution in [3.05, 3.63) is 68.9 Å². The molecule has 0 saturated carbocycles. The van der Waals surface area contributed by atoms with E-state index in [0.717, 1.165) is 10.0 Å². The Kier molecular flexibility index (Phi) is 7.52. The van der Waals surface area contributed by atoms with E-state index in [0.29, 0.717) is 27.3 Å². The number of nitrogens with zero attached hydrogens (tertiary/aromatic N) is 3. The lowest BCUT2D eigenvalue weighted by molar-refractivity contribution is -0.113. The second-order valence-corrected chi connectivity index (χ2v) is 8.57. The molecule has 156 valence electrons. The number of anilines is 1. The number of aromatic nitrogens is 3. The average Bonchev–Trinajstić information content (AvgIpc) is 3.08. The van der Waals surface area contributed by atoms with Crippen LogP contribution in [0.4, 0.5) is 5.69 Å². The third-order valence-corrected chi connectivity index (χ3v) is 6.45. The van der Waals surface area contributed by atoms with Crippen LogP contribution in [-0.4, -0.2) is 32.3 Å². The van der Waals surface area contributed by atoms with Crippen molar-refractivity contribution in [2.75, 3.05) is 11.1 Å². The highest BCUT2D eigenvalue weighted by Gasteiger charge is 2.14. The Bertz CT molecular complexity index is 1090. The third-order valence-electron chi connectivity index (χ3n) is 4.32. The molecule has 0 atom stereocenters. The lowest BCUT2D eigenvalue weighted by Crippen LogP contribution is -2.24. The van der Waals surface area contributed by atoms with E-state index in [-0.39, 0.29) is 24.1 Å². The molecule has 0 bridgehead atoms. The first-order valence-electron chi connectivity index (χ1n) is 8.95. The summed E-state index contributed by atoms with van der Waals surface area (Å²) < 4.78 is 2.47. The first kappa shape index (κ1) is 22.3. The lowest BCUT2D eigenvalue weighted by Gasteiger charge is -2.09. The number of carbonyl (C=O) groups excluding carboxylic acids is 2. The van der Waals surface area contributed by atoms with Gasteiger partial charge in [-0.25, -0.2) is 0 Å². The monoisotopic (exact) mass is 507 g/mol. The van der Waals surface area contributed by atoms with Gasteiger partial charge >= 0.3 is 0 Å². The van der Waals surface area contributed by atoms with Crippen LogP contribution >= 0.6 is 39.3 Å². The Hall–Kier alpha value is -2.36. The van der Waals surface area contributed by atoms with Gasteiger partial charge in [0.15, 0.2) is 11.0 Å².